The lowest BCUT2D eigenvalue weighted by Gasteiger charge is -2.22. The molecule has 4 nitrogen and oxygen atoms in total. The van der Waals surface area contributed by atoms with Crippen molar-refractivity contribution < 1.29 is 9.90 Å². The minimum absolute atomic E-state index is 0.292. The third-order valence-corrected chi connectivity index (χ3v) is 4.06. The summed E-state index contributed by atoms with van der Waals surface area (Å²) in [5.41, 5.74) is 1.83. The summed E-state index contributed by atoms with van der Waals surface area (Å²) in [5.74, 6) is -0.201. The average Bonchev–Trinajstić information content (AvgIpc) is 2.83. The Bertz CT molecular complexity index is 597. The Kier molecular flexibility index (Phi) is 3.23. The largest absolute Gasteiger partial charge is 0.478 e. The van der Waals surface area contributed by atoms with E-state index in [2.05, 4.69) is 9.55 Å². The number of rotatable bonds is 3. The number of carboxylic acid groups (broad SMARTS) is 1. The topological polar surface area (TPSA) is 55.1 Å². The van der Waals surface area contributed by atoms with E-state index in [1.165, 1.54) is 32.1 Å². The summed E-state index contributed by atoms with van der Waals surface area (Å²) in [5, 5.41) is 9.16. The molecule has 0 atom stereocenters. The first-order chi connectivity index (χ1) is 9.25. The Morgan fingerprint density at radius 1 is 1.32 bits per heavy atom. The fraction of sp³-hybridized carbons (Fsp3) is 0.467. The van der Waals surface area contributed by atoms with Crippen LogP contribution in [0.15, 0.2) is 24.5 Å². The lowest BCUT2D eigenvalue weighted by molar-refractivity contribution is 0.0699. The van der Waals surface area contributed by atoms with E-state index in [1.54, 1.807) is 18.5 Å². The molecule has 100 valence electrons. The summed E-state index contributed by atoms with van der Waals surface area (Å²) in [4.78, 5) is 15.5. The highest BCUT2D eigenvalue weighted by atomic mass is 16.4. The van der Waals surface area contributed by atoms with Crippen LogP contribution in [0.4, 0.5) is 0 Å². The Balaban J connectivity index is 1.92. The zero-order valence-electron chi connectivity index (χ0n) is 10.9. The number of nitrogens with zero attached hydrogens (tertiary/aromatic N) is 2. The van der Waals surface area contributed by atoms with Crippen molar-refractivity contribution in [1.29, 1.82) is 0 Å². The number of carboxylic acids is 1. The zero-order chi connectivity index (χ0) is 13.2. The van der Waals surface area contributed by atoms with Crippen molar-refractivity contribution in [2.24, 2.45) is 5.92 Å². The van der Waals surface area contributed by atoms with Crippen LogP contribution >= 0.6 is 0 Å². The molecule has 1 fully saturated rings. The average molecular weight is 258 g/mol. The third kappa shape index (κ3) is 2.35. The van der Waals surface area contributed by atoms with Crippen LogP contribution in [0.2, 0.25) is 0 Å². The van der Waals surface area contributed by atoms with E-state index in [-0.39, 0.29) is 0 Å². The molecule has 1 N–H and O–H groups in total. The molecule has 1 heterocycles. The third-order valence-electron chi connectivity index (χ3n) is 4.06. The molecule has 0 radical (unpaired) electrons. The van der Waals surface area contributed by atoms with E-state index in [1.807, 2.05) is 6.07 Å². The molecule has 0 bridgehead atoms. The molecule has 0 aliphatic heterocycles. The summed E-state index contributed by atoms with van der Waals surface area (Å²) >= 11 is 0. The maximum absolute atomic E-state index is 11.2. The maximum Gasteiger partial charge on any atom is 0.337 e. The Morgan fingerprint density at radius 3 is 2.84 bits per heavy atom. The predicted molar refractivity (Wildman–Crippen MR) is 73.3 cm³/mol. The first kappa shape index (κ1) is 12.2. The van der Waals surface area contributed by atoms with E-state index in [4.69, 9.17) is 5.11 Å². The SMILES string of the molecule is O=C(O)c1cccc2c1ncn2CC1CCCCC1. The smallest absolute Gasteiger partial charge is 0.337 e. The molecule has 1 aromatic carbocycles. The summed E-state index contributed by atoms with van der Waals surface area (Å²) in [6.45, 7) is 0.958. The van der Waals surface area contributed by atoms with Crippen LogP contribution in [0.1, 0.15) is 42.5 Å². The normalized spacial score (nSPS) is 16.8. The number of carbonyl (C=O) groups is 1. The Hall–Kier alpha value is -1.84. The number of para-hydroxylation sites is 1. The van der Waals surface area contributed by atoms with Gasteiger partial charge < -0.3 is 9.67 Å². The molecule has 1 aliphatic carbocycles. The van der Waals surface area contributed by atoms with Gasteiger partial charge in [-0.15, -0.1) is 0 Å². The van der Waals surface area contributed by atoms with Gasteiger partial charge in [0, 0.05) is 6.54 Å². The van der Waals surface area contributed by atoms with E-state index in [0.29, 0.717) is 17.0 Å². The molecular weight excluding hydrogens is 240 g/mol. The van der Waals surface area contributed by atoms with Gasteiger partial charge in [0.05, 0.1) is 17.4 Å². The number of aromatic carboxylic acids is 1. The predicted octanol–water partition coefficient (Wildman–Crippen LogP) is 3.31. The van der Waals surface area contributed by atoms with Gasteiger partial charge in [-0.1, -0.05) is 25.3 Å². The van der Waals surface area contributed by atoms with Gasteiger partial charge in [-0.3, -0.25) is 0 Å². The van der Waals surface area contributed by atoms with Crippen molar-refractivity contribution >= 4 is 17.0 Å². The highest BCUT2D eigenvalue weighted by Gasteiger charge is 2.17. The van der Waals surface area contributed by atoms with Crippen molar-refractivity contribution in [3.05, 3.63) is 30.1 Å². The van der Waals surface area contributed by atoms with Crippen molar-refractivity contribution in [2.45, 2.75) is 38.6 Å². The monoisotopic (exact) mass is 258 g/mol. The van der Waals surface area contributed by atoms with E-state index < -0.39 is 5.97 Å². The van der Waals surface area contributed by atoms with Crippen LogP contribution < -0.4 is 0 Å². The number of hydrogen-bond donors (Lipinski definition) is 1. The molecule has 1 saturated carbocycles. The van der Waals surface area contributed by atoms with Crippen molar-refractivity contribution in [3.8, 4) is 0 Å². The minimum Gasteiger partial charge on any atom is -0.478 e. The van der Waals surface area contributed by atoms with Gasteiger partial charge in [-0.2, -0.15) is 0 Å². The lowest BCUT2D eigenvalue weighted by Crippen LogP contribution is -2.13. The molecule has 0 saturated heterocycles. The molecule has 0 unspecified atom stereocenters. The summed E-state index contributed by atoms with van der Waals surface area (Å²) in [6.07, 6.45) is 8.32. The van der Waals surface area contributed by atoms with Crippen molar-refractivity contribution in [1.82, 2.24) is 9.55 Å². The highest BCUT2D eigenvalue weighted by molar-refractivity contribution is 6.00. The Labute approximate surface area is 112 Å². The van der Waals surface area contributed by atoms with Crippen LogP contribution in [0.3, 0.4) is 0 Å². The second-order valence-corrected chi connectivity index (χ2v) is 5.38. The van der Waals surface area contributed by atoms with Crippen LogP contribution in [0, 0.1) is 5.92 Å². The lowest BCUT2D eigenvalue weighted by atomic mass is 9.89. The molecule has 1 aromatic heterocycles. The van der Waals surface area contributed by atoms with Gasteiger partial charge in [0.25, 0.3) is 0 Å². The van der Waals surface area contributed by atoms with Crippen LogP contribution in [-0.2, 0) is 6.54 Å². The number of benzene rings is 1. The van der Waals surface area contributed by atoms with Gasteiger partial charge in [0.2, 0.25) is 0 Å². The van der Waals surface area contributed by atoms with Crippen LogP contribution in [-0.4, -0.2) is 20.6 Å². The number of hydrogen-bond acceptors (Lipinski definition) is 2. The van der Waals surface area contributed by atoms with Gasteiger partial charge in [0.15, 0.2) is 0 Å². The standard InChI is InChI=1S/C15H18N2O2/c18-15(19)12-7-4-8-13-14(12)16-10-17(13)9-11-5-2-1-3-6-11/h4,7-8,10-11H,1-3,5-6,9H2,(H,18,19). The summed E-state index contributed by atoms with van der Waals surface area (Å²) in [6, 6.07) is 5.37. The fourth-order valence-corrected chi connectivity index (χ4v) is 3.05. The van der Waals surface area contributed by atoms with E-state index in [9.17, 15) is 4.79 Å². The first-order valence-electron chi connectivity index (χ1n) is 6.93. The molecule has 0 spiro atoms. The first-order valence-corrected chi connectivity index (χ1v) is 6.93. The molecule has 19 heavy (non-hydrogen) atoms. The van der Waals surface area contributed by atoms with Gasteiger partial charge >= 0.3 is 5.97 Å². The highest BCUT2D eigenvalue weighted by Crippen LogP contribution is 2.27. The van der Waals surface area contributed by atoms with Crippen LogP contribution in [0.5, 0.6) is 0 Å². The van der Waals surface area contributed by atoms with Gasteiger partial charge in [-0.05, 0) is 30.9 Å². The van der Waals surface area contributed by atoms with E-state index in [0.717, 1.165) is 12.1 Å². The van der Waals surface area contributed by atoms with Gasteiger partial charge in [-0.25, -0.2) is 9.78 Å². The van der Waals surface area contributed by atoms with Crippen molar-refractivity contribution in [2.75, 3.05) is 0 Å². The zero-order valence-corrected chi connectivity index (χ0v) is 10.9. The molecule has 3 rings (SSSR count). The maximum atomic E-state index is 11.2. The fourth-order valence-electron chi connectivity index (χ4n) is 3.05. The quantitative estimate of drug-likeness (QED) is 0.918. The number of aromatic nitrogens is 2. The molecule has 2 aromatic rings. The molecular formula is C15H18N2O2. The van der Waals surface area contributed by atoms with Gasteiger partial charge in [0.1, 0.15) is 5.52 Å². The second-order valence-electron chi connectivity index (χ2n) is 5.38. The summed E-state index contributed by atoms with van der Waals surface area (Å²) < 4.78 is 2.11. The molecule has 1 aliphatic rings. The minimum atomic E-state index is -0.909. The van der Waals surface area contributed by atoms with Crippen molar-refractivity contribution in [3.63, 3.8) is 0 Å². The number of fused-ring (bicyclic) bond motifs is 1. The van der Waals surface area contributed by atoms with E-state index >= 15 is 0 Å². The summed E-state index contributed by atoms with van der Waals surface area (Å²) in [7, 11) is 0. The second kappa shape index (κ2) is 5.03. The Morgan fingerprint density at radius 2 is 2.11 bits per heavy atom. The van der Waals surface area contributed by atoms with Crippen LogP contribution in [0.25, 0.3) is 11.0 Å². The molecule has 4 heteroatoms. The molecule has 0 amide bonds. The number of imidazole rings is 1.